The molecule has 0 aliphatic rings. The van der Waals surface area contributed by atoms with Crippen LogP contribution in [0.15, 0.2) is 24.3 Å². The minimum absolute atomic E-state index is 0.0614. The predicted molar refractivity (Wildman–Crippen MR) is 68.5 cm³/mol. The second-order valence-corrected chi connectivity index (χ2v) is 4.43. The van der Waals surface area contributed by atoms with Gasteiger partial charge < -0.3 is 10.1 Å². The van der Waals surface area contributed by atoms with Gasteiger partial charge in [-0.15, -0.1) is 0 Å². The Kier molecular flexibility index (Phi) is 6.16. The lowest BCUT2D eigenvalue weighted by Crippen LogP contribution is -2.25. The van der Waals surface area contributed by atoms with Crippen LogP contribution >= 0.6 is 0 Å². The summed E-state index contributed by atoms with van der Waals surface area (Å²) in [6.07, 6.45) is 0.878. The van der Waals surface area contributed by atoms with Crippen molar-refractivity contribution in [3.8, 4) is 0 Å². The maximum absolute atomic E-state index is 13.7. The fraction of sp³-hybridized carbons (Fsp3) is 0.571. The summed E-state index contributed by atoms with van der Waals surface area (Å²) in [5, 5.41) is 3.33. The zero-order valence-corrected chi connectivity index (χ0v) is 10.9. The van der Waals surface area contributed by atoms with E-state index >= 15 is 0 Å². The molecule has 0 saturated heterocycles. The van der Waals surface area contributed by atoms with E-state index in [4.69, 9.17) is 4.74 Å². The van der Waals surface area contributed by atoms with Crippen molar-refractivity contribution in [2.45, 2.75) is 26.3 Å². The molecule has 1 rings (SSSR count). The monoisotopic (exact) mass is 239 g/mol. The number of rotatable bonds is 7. The summed E-state index contributed by atoms with van der Waals surface area (Å²) in [6, 6.07) is 7.03. The largest absolute Gasteiger partial charge is 0.384 e. The third-order valence-corrected chi connectivity index (χ3v) is 2.82. The SMILES string of the molecule is CCNC(CC(C)COC)c1ccccc1F. The fourth-order valence-electron chi connectivity index (χ4n) is 2.08. The Morgan fingerprint density at radius 2 is 2.06 bits per heavy atom. The van der Waals surface area contributed by atoms with Crippen molar-refractivity contribution in [2.24, 2.45) is 5.92 Å². The number of hydrogen-bond donors (Lipinski definition) is 1. The summed E-state index contributed by atoms with van der Waals surface area (Å²) in [6.45, 7) is 5.69. The molecule has 0 aliphatic carbocycles. The zero-order chi connectivity index (χ0) is 12.7. The van der Waals surface area contributed by atoms with Gasteiger partial charge in [0.1, 0.15) is 5.82 Å². The van der Waals surface area contributed by atoms with Gasteiger partial charge in [-0.3, -0.25) is 0 Å². The van der Waals surface area contributed by atoms with E-state index in [-0.39, 0.29) is 11.9 Å². The maximum atomic E-state index is 13.7. The quantitative estimate of drug-likeness (QED) is 0.789. The number of nitrogens with one attached hydrogen (secondary N) is 1. The van der Waals surface area contributed by atoms with Crippen LogP contribution in [0.25, 0.3) is 0 Å². The van der Waals surface area contributed by atoms with E-state index in [9.17, 15) is 4.39 Å². The van der Waals surface area contributed by atoms with Gasteiger partial charge in [0, 0.05) is 25.3 Å². The molecule has 0 heterocycles. The standard InChI is InChI=1S/C14H22FNO/c1-4-16-14(9-11(2)10-17-3)12-7-5-6-8-13(12)15/h5-8,11,14,16H,4,9-10H2,1-3H3. The Morgan fingerprint density at radius 3 is 2.65 bits per heavy atom. The lowest BCUT2D eigenvalue weighted by atomic mass is 9.96. The van der Waals surface area contributed by atoms with E-state index in [1.807, 2.05) is 19.1 Å². The van der Waals surface area contributed by atoms with Crippen LogP contribution in [0.3, 0.4) is 0 Å². The minimum Gasteiger partial charge on any atom is -0.384 e. The van der Waals surface area contributed by atoms with Crippen LogP contribution in [0.1, 0.15) is 31.9 Å². The molecule has 0 bridgehead atoms. The number of benzene rings is 1. The van der Waals surface area contributed by atoms with E-state index < -0.39 is 0 Å². The lowest BCUT2D eigenvalue weighted by Gasteiger charge is -2.22. The highest BCUT2D eigenvalue weighted by atomic mass is 19.1. The molecule has 0 aromatic heterocycles. The normalized spacial score (nSPS) is 14.6. The van der Waals surface area contributed by atoms with Crippen molar-refractivity contribution < 1.29 is 9.13 Å². The van der Waals surface area contributed by atoms with Crippen molar-refractivity contribution in [1.82, 2.24) is 5.32 Å². The first kappa shape index (κ1) is 14.1. The van der Waals surface area contributed by atoms with Gasteiger partial charge in [0.25, 0.3) is 0 Å². The van der Waals surface area contributed by atoms with Crippen LogP contribution in [-0.2, 0) is 4.74 Å². The lowest BCUT2D eigenvalue weighted by molar-refractivity contribution is 0.149. The molecule has 2 unspecified atom stereocenters. The van der Waals surface area contributed by atoms with E-state index in [1.54, 1.807) is 13.2 Å². The second-order valence-electron chi connectivity index (χ2n) is 4.43. The summed E-state index contributed by atoms with van der Waals surface area (Å²) in [5.74, 6) is 0.270. The summed E-state index contributed by atoms with van der Waals surface area (Å²) in [7, 11) is 1.70. The third-order valence-electron chi connectivity index (χ3n) is 2.82. The van der Waals surface area contributed by atoms with Gasteiger partial charge in [-0.05, 0) is 24.9 Å². The summed E-state index contributed by atoms with van der Waals surface area (Å²) in [5.41, 5.74) is 0.748. The number of halogens is 1. The van der Waals surface area contributed by atoms with E-state index in [1.165, 1.54) is 6.07 Å². The van der Waals surface area contributed by atoms with Gasteiger partial charge in [-0.25, -0.2) is 4.39 Å². The highest BCUT2D eigenvalue weighted by Gasteiger charge is 2.17. The van der Waals surface area contributed by atoms with Crippen LogP contribution in [-0.4, -0.2) is 20.3 Å². The van der Waals surface area contributed by atoms with Crippen molar-refractivity contribution >= 4 is 0 Å². The molecule has 0 radical (unpaired) electrons. The van der Waals surface area contributed by atoms with E-state index in [2.05, 4.69) is 12.2 Å². The Balaban J connectivity index is 2.75. The molecule has 0 fully saturated rings. The molecule has 1 aromatic carbocycles. The smallest absolute Gasteiger partial charge is 0.127 e. The third kappa shape index (κ3) is 4.44. The molecule has 0 aliphatic heterocycles. The number of methoxy groups -OCH3 is 1. The first-order chi connectivity index (χ1) is 8.19. The molecule has 2 nitrogen and oxygen atoms in total. The van der Waals surface area contributed by atoms with Gasteiger partial charge in [-0.1, -0.05) is 32.0 Å². The van der Waals surface area contributed by atoms with Crippen molar-refractivity contribution in [3.63, 3.8) is 0 Å². The second kappa shape index (κ2) is 7.41. The van der Waals surface area contributed by atoms with Gasteiger partial charge >= 0.3 is 0 Å². The van der Waals surface area contributed by atoms with Crippen LogP contribution in [0, 0.1) is 11.7 Å². The predicted octanol–water partition coefficient (Wildman–Crippen LogP) is 3.15. The van der Waals surface area contributed by atoms with E-state index in [0.29, 0.717) is 12.5 Å². The van der Waals surface area contributed by atoms with Gasteiger partial charge in [0.15, 0.2) is 0 Å². The van der Waals surface area contributed by atoms with Gasteiger partial charge in [0.05, 0.1) is 0 Å². The Bertz CT molecular complexity index is 330. The molecular weight excluding hydrogens is 217 g/mol. The molecule has 0 amide bonds. The fourth-order valence-corrected chi connectivity index (χ4v) is 2.08. The first-order valence-corrected chi connectivity index (χ1v) is 6.15. The summed E-state index contributed by atoms with van der Waals surface area (Å²) in [4.78, 5) is 0. The van der Waals surface area contributed by atoms with Crippen molar-refractivity contribution in [1.29, 1.82) is 0 Å². The topological polar surface area (TPSA) is 21.3 Å². The zero-order valence-electron chi connectivity index (χ0n) is 10.9. The van der Waals surface area contributed by atoms with Gasteiger partial charge in [-0.2, -0.15) is 0 Å². The van der Waals surface area contributed by atoms with Crippen molar-refractivity contribution in [3.05, 3.63) is 35.6 Å². The molecule has 1 aromatic rings. The van der Waals surface area contributed by atoms with E-state index in [0.717, 1.165) is 18.5 Å². The molecular formula is C14H22FNO. The summed E-state index contributed by atoms with van der Waals surface area (Å²) >= 11 is 0. The van der Waals surface area contributed by atoms with Crippen LogP contribution in [0.2, 0.25) is 0 Å². The Morgan fingerprint density at radius 1 is 1.35 bits per heavy atom. The first-order valence-electron chi connectivity index (χ1n) is 6.15. The highest BCUT2D eigenvalue weighted by Crippen LogP contribution is 2.23. The molecule has 96 valence electrons. The molecule has 3 heteroatoms. The van der Waals surface area contributed by atoms with Crippen molar-refractivity contribution in [2.75, 3.05) is 20.3 Å². The molecule has 0 saturated carbocycles. The van der Waals surface area contributed by atoms with Crippen LogP contribution in [0.4, 0.5) is 4.39 Å². The minimum atomic E-state index is -0.136. The number of ether oxygens (including phenoxy) is 1. The molecule has 2 atom stereocenters. The Labute approximate surface area is 103 Å². The maximum Gasteiger partial charge on any atom is 0.127 e. The number of hydrogen-bond acceptors (Lipinski definition) is 2. The molecule has 0 spiro atoms. The average Bonchev–Trinajstić information content (AvgIpc) is 2.29. The van der Waals surface area contributed by atoms with Crippen LogP contribution in [0.5, 0.6) is 0 Å². The average molecular weight is 239 g/mol. The summed E-state index contributed by atoms with van der Waals surface area (Å²) < 4.78 is 18.9. The molecule has 17 heavy (non-hydrogen) atoms. The van der Waals surface area contributed by atoms with Crippen LogP contribution < -0.4 is 5.32 Å². The Hall–Kier alpha value is -0.930. The highest BCUT2D eigenvalue weighted by molar-refractivity contribution is 5.21. The van der Waals surface area contributed by atoms with Gasteiger partial charge in [0.2, 0.25) is 0 Å². The molecule has 1 N–H and O–H groups in total.